The summed E-state index contributed by atoms with van der Waals surface area (Å²) in [5, 5.41) is 6.72. The average molecular weight is 244 g/mol. The lowest BCUT2D eigenvalue weighted by Crippen LogP contribution is -2.22. The summed E-state index contributed by atoms with van der Waals surface area (Å²) in [5.41, 5.74) is 24.3. The van der Waals surface area contributed by atoms with Gasteiger partial charge < -0.3 is 33.2 Å². The molecule has 0 aliphatic heterocycles. The Morgan fingerprint density at radius 3 is 1.29 bits per heavy atom. The van der Waals surface area contributed by atoms with Gasteiger partial charge in [0.1, 0.15) is 0 Å². The summed E-state index contributed by atoms with van der Waals surface area (Å²) in [7, 11) is 0. The van der Waals surface area contributed by atoms with Gasteiger partial charge in [0.15, 0.2) is 0 Å². The second-order valence-corrected chi connectivity index (χ2v) is 3.58. The third kappa shape index (κ3) is 25.4. The number of unbranched alkanes of at least 4 members (excludes halogenated alkanes) is 1. The predicted molar refractivity (Wildman–Crippen MR) is 72.4 cm³/mol. The summed E-state index contributed by atoms with van der Waals surface area (Å²) in [6, 6.07) is 0. The summed E-state index contributed by atoms with van der Waals surface area (Å²) in [6.07, 6.45) is 4.63. The zero-order valence-corrected chi connectivity index (χ0v) is 10.6. The molecule has 0 aliphatic carbocycles. The van der Waals surface area contributed by atoms with E-state index in [1.165, 1.54) is 17.8 Å². The van der Waals surface area contributed by atoms with Crippen LogP contribution >= 0.6 is 0 Å². The van der Waals surface area contributed by atoms with Gasteiger partial charge in [-0.25, -0.2) is 0 Å². The molecule has 7 heteroatoms. The van der Waals surface area contributed by atoms with Crippen molar-refractivity contribution in [3.63, 3.8) is 0 Å². The summed E-state index contributed by atoms with van der Waals surface area (Å²) >= 11 is 0. The predicted octanol–water partition coefficient (Wildman–Crippen LogP) is 0.510. The molecule has 6 N–H and O–H groups in total. The third-order valence-corrected chi connectivity index (χ3v) is 2.07. The molecule has 0 aromatic heterocycles. The van der Waals surface area contributed by atoms with E-state index in [9.17, 15) is 0 Å². The quantitative estimate of drug-likeness (QED) is 0.182. The topological polar surface area (TPSA) is 135 Å². The van der Waals surface area contributed by atoms with E-state index in [1.807, 2.05) is 0 Å². The van der Waals surface area contributed by atoms with Crippen LogP contribution < -0.4 is 22.1 Å². The highest BCUT2D eigenvalue weighted by Gasteiger charge is 1.89. The molecule has 0 bridgehead atoms. The number of nitrogens with one attached hydrogen (secondary N) is 2. The lowest BCUT2D eigenvalue weighted by atomic mass is 10.3. The van der Waals surface area contributed by atoms with Gasteiger partial charge in [-0.1, -0.05) is 0 Å². The highest BCUT2D eigenvalue weighted by Crippen LogP contribution is 1.84. The SMILES string of the molecule is NCCCNCCCCNCCCN.[N-]=[N+]=[N-]. The van der Waals surface area contributed by atoms with Gasteiger partial charge in [-0.2, -0.15) is 0 Å². The molecule has 0 rings (SSSR count). The first-order valence-electron chi connectivity index (χ1n) is 6.13. The fourth-order valence-electron chi connectivity index (χ4n) is 1.20. The van der Waals surface area contributed by atoms with Gasteiger partial charge in [0.2, 0.25) is 0 Å². The van der Waals surface area contributed by atoms with Crippen LogP contribution in [0.5, 0.6) is 0 Å². The van der Waals surface area contributed by atoms with E-state index in [0.29, 0.717) is 0 Å². The summed E-state index contributed by atoms with van der Waals surface area (Å²) in [6.45, 7) is 5.90. The van der Waals surface area contributed by atoms with Gasteiger partial charge in [-0.3, -0.25) is 4.91 Å². The second kappa shape index (κ2) is 20.5. The zero-order valence-electron chi connectivity index (χ0n) is 10.6. The maximum Gasteiger partial charge on any atom is -0.00369 e. The van der Waals surface area contributed by atoms with Crippen LogP contribution in [0.4, 0.5) is 0 Å². The van der Waals surface area contributed by atoms with E-state index in [2.05, 4.69) is 10.6 Å². The Kier molecular flexibility index (Phi) is 22.4. The third-order valence-electron chi connectivity index (χ3n) is 2.07. The molecule has 0 atom stereocenters. The Hall–Kier alpha value is -0.850. The van der Waals surface area contributed by atoms with Crippen molar-refractivity contribution in [1.29, 1.82) is 0 Å². The molecule has 0 unspecified atom stereocenters. The van der Waals surface area contributed by atoms with E-state index in [0.717, 1.165) is 52.1 Å². The van der Waals surface area contributed by atoms with Crippen LogP contribution in [0, 0.1) is 0 Å². The van der Waals surface area contributed by atoms with E-state index in [4.69, 9.17) is 22.5 Å². The number of rotatable bonds is 11. The molecule has 7 nitrogen and oxygen atoms in total. The molecule has 17 heavy (non-hydrogen) atoms. The molecular weight excluding hydrogens is 218 g/mol. The standard InChI is InChI=1S/C10H26N4.N3/c11-5-3-9-13-7-1-2-8-14-10-4-6-12;1-3-2/h13-14H,1-12H2;/q;-1. The fraction of sp³-hybridized carbons (Fsp3) is 1.00. The van der Waals surface area contributed by atoms with Gasteiger partial charge in [0.05, 0.1) is 0 Å². The van der Waals surface area contributed by atoms with E-state index in [1.54, 1.807) is 0 Å². The monoisotopic (exact) mass is 244 g/mol. The smallest absolute Gasteiger partial charge is 0.00369 e. The highest BCUT2D eigenvalue weighted by atomic mass is 15.0. The molecule has 0 saturated heterocycles. The normalized spacial score (nSPS) is 9.29. The molecule has 0 heterocycles. The minimum Gasteiger partial charge on any atom is -0.373 e. The molecule has 102 valence electrons. The van der Waals surface area contributed by atoms with Crippen LogP contribution in [0.2, 0.25) is 0 Å². The van der Waals surface area contributed by atoms with Gasteiger partial charge in [0, 0.05) is 0 Å². The molecular formula is C10H26N7-. The molecule has 0 spiro atoms. The lowest BCUT2D eigenvalue weighted by Gasteiger charge is -2.04. The van der Waals surface area contributed by atoms with E-state index >= 15 is 0 Å². The maximum absolute atomic E-state index is 6.75. The Balaban J connectivity index is 0. The van der Waals surface area contributed by atoms with Crippen molar-refractivity contribution in [1.82, 2.24) is 10.6 Å². The van der Waals surface area contributed by atoms with Crippen molar-refractivity contribution < 1.29 is 0 Å². The van der Waals surface area contributed by atoms with Crippen LogP contribution in [0.25, 0.3) is 16.0 Å². The molecule has 0 amide bonds. The zero-order chi connectivity index (χ0) is 13.2. The summed E-state index contributed by atoms with van der Waals surface area (Å²) in [5.74, 6) is 0. The second-order valence-electron chi connectivity index (χ2n) is 3.58. The van der Waals surface area contributed by atoms with Crippen LogP contribution in [0.1, 0.15) is 25.7 Å². The van der Waals surface area contributed by atoms with Crippen LogP contribution in [-0.2, 0) is 0 Å². The number of nitrogens with zero attached hydrogens (tertiary/aromatic N) is 3. The van der Waals surface area contributed by atoms with Crippen LogP contribution in [-0.4, -0.2) is 39.3 Å². The lowest BCUT2D eigenvalue weighted by molar-refractivity contribution is 0.570. The fourth-order valence-corrected chi connectivity index (χ4v) is 1.20. The molecule has 0 aromatic rings. The highest BCUT2D eigenvalue weighted by molar-refractivity contribution is 4.52. The molecule has 0 aliphatic rings. The maximum atomic E-state index is 6.75. The van der Waals surface area contributed by atoms with Crippen LogP contribution in [0.15, 0.2) is 0 Å². The first kappa shape index (κ1) is 18.5. The first-order chi connectivity index (χ1) is 8.33. The van der Waals surface area contributed by atoms with E-state index in [-0.39, 0.29) is 0 Å². The Bertz CT molecular complexity index is 145. The van der Waals surface area contributed by atoms with Gasteiger partial charge >= 0.3 is 0 Å². The minimum atomic E-state index is 0.785. The number of nitrogens with two attached hydrogens (primary N) is 2. The van der Waals surface area contributed by atoms with Crippen molar-refractivity contribution >= 4 is 0 Å². The first-order valence-corrected chi connectivity index (χ1v) is 6.13. The molecule has 0 saturated carbocycles. The summed E-state index contributed by atoms with van der Waals surface area (Å²) < 4.78 is 0. The van der Waals surface area contributed by atoms with E-state index < -0.39 is 0 Å². The van der Waals surface area contributed by atoms with Crippen molar-refractivity contribution in [2.75, 3.05) is 39.3 Å². The largest absolute Gasteiger partial charge is 0.373 e. The van der Waals surface area contributed by atoms with Crippen LogP contribution in [0.3, 0.4) is 0 Å². The molecule has 0 radical (unpaired) electrons. The van der Waals surface area contributed by atoms with Gasteiger partial charge in [0.25, 0.3) is 0 Å². The Labute approximate surface area is 104 Å². The number of hydrogen-bond donors (Lipinski definition) is 4. The Morgan fingerprint density at radius 1 is 0.706 bits per heavy atom. The Morgan fingerprint density at radius 2 is 1.00 bits per heavy atom. The van der Waals surface area contributed by atoms with Crippen molar-refractivity contribution in [2.24, 2.45) is 11.5 Å². The van der Waals surface area contributed by atoms with Crippen molar-refractivity contribution in [2.45, 2.75) is 25.7 Å². The minimum absolute atomic E-state index is 0.785. The van der Waals surface area contributed by atoms with Gasteiger partial charge in [-0.05, 0) is 65.0 Å². The van der Waals surface area contributed by atoms with Crippen molar-refractivity contribution in [3.8, 4) is 0 Å². The average Bonchev–Trinajstić information content (AvgIpc) is 2.33. The molecule has 0 fully saturated rings. The van der Waals surface area contributed by atoms with Crippen molar-refractivity contribution in [3.05, 3.63) is 16.0 Å². The molecule has 0 aromatic carbocycles. The summed E-state index contributed by atoms with van der Waals surface area (Å²) in [4.78, 5) is 1.50. The van der Waals surface area contributed by atoms with Gasteiger partial charge in [-0.15, -0.1) is 0 Å². The number of hydrogen-bond acceptors (Lipinski definition) is 4.